The Bertz CT molecular complexity index is 826. The Hall–Kier alpha value is -1.86. The van der Waals surface area contributed by atoms with Crippen LogP contribution < -0.4 is 10.6 Å². The molecule has 5 aliphatic heterocycles. The van der Waals surface area contributed by atoms with Gasteiger partial charge in [0, 0.05) is 19.3 Å². The van der Waals surface area contributed by atoms with Gasteiger partial charge in [-0.2, -0.15) is 0 Å². The molecular weight excluding hydrogens is 406 g/mol. The summed E-state index contributed by atoms with van der Waals surface area (Å²) < 4.78 is 21.3. The van der Waals surface area contributed by atoms with Crippen LogP contribution in [-0.2, 0) is 19.0 Å². The van der Waals surface area contributed by atoms with E-state index in [0.29, 0.717) is 6.04 Å². The number of hydrogen-bond donors (Lipinski definition) is 2. The van der Waals surface area contributed by atoms with E-state index in [2.05, 4.69) is 47.8 Å². The molecule has 0 aromatic carbocycles. The largest absolute Gasteiger partial charge is 0.461 e. The lowest BCUT2D eigenvalue weighted by molar-refractivity contribution is -0.609. The highest BCUT2D eigenvalue weighted by Crippen LogP contribution is 2.45. The zero-order valence-electron chi connectivity index (χ0n) is 19.5. The molecule has 0 bridgehead atoms. The number of carbonyl (C=O) groups excluding carboxylic acids is 1. The monoisotopic (exact) mass is 444 g/mol. The highest BCUT2D eigenvalue weighted by Gasteiger charge is 2.64. The molecule has 0 unspecified atom stereocenters. The molecule has 2 saturated heterocycles. The fraction of sp³-hybridized carbons (Fsp3) is 0.760. The Morgan fingerprint density at radius 2 is 2.19 bits per heavy atom. The third kappa shape index (κ3) is 3.67. The Kier molecular flexibility index (Phi) is 5.82. The molecule has 0 amide bonds. The fourth-order valence-electron chi connectivity index (χ4n) is 6.63. The minimum Gasteiger partial charge on any atom is -0.461 e. The highest BCUT2D eigenvalue weighted by atomic mass is 16.6. The van der Waals surface area contributed by atoms with Crippen LogP contribution in [-0.4, -0.2) is 58.9 Å². The van der Waals surface area contributed by atoms with Gasteiger partial charge in [-0.05, 0) is 45.4 Å². The van der Waals surface area contributed by atoms with Gasteiger partial charge in [-0.1, -0.05) is 31.7 Å². The number of guanidine groups is 1. The van der Waals surface area contributed by atoms with Crippen molar-refractivity contribution in [3.05, 3.63) is 24.8 Å². The predicted molar refractivity (Wildman–Crippen MR) is 121 cm³/mol. The van der Waals surface area contributed by atoms with Crippen LogP contribution in [0.3, 0.4) is 0 Å². The van der Waals surface area contributed by atoms with E-state index in [1.807, 2.05) is 0 Å². The van der Waals surface area contributed by atoms with Crippen LogP contribution in [0.4, 0.5) is 0 Å². The second-order valence-electron chi connectivity index (χ2n) is 10.1. The molecule has 7 atom stereocenters. The van der Waals surface area contributed by atoms with E-state index in [0.717, 1.165) is 63.7 Å². The first-order valence-electron chi connectivity index (χ1n) is 12.5. The first kappa shape index (κ1) is 22.0. The molecule has 32 heavy (non-hydrogen) atoms. The van der Waals surface area contributed by atoms with Gasteiger partial charge in [0.1, 0.15) is 6.61 Å². The molecule has 0 aliphatic carbocycles. The maximum atomic E-state index is 13.3. The van der Waals surface area contributed by atoms with E-state index < -0.39 is 5.72 Å². The maximum absolute atomic E-state index is 13.3. The molecule has 0 radical (unpaired) electrons. The predicted octanol–water partition coefficient (Wildman–Crippen LogP) is 2.95. The molecular formula is C25H38N3O4+. The summed E-state index contributed by atoms with van der Waals surface area (Å²) in [6.07, 6.45) is 15.0. The quantitative estimate of drug-likeness (QED) is 0.395. The molecule has 7 nitrogen and oxygen atoms in total. The van der Waals surface area contributed by atoms with Crippen LogP contribution in [0.5, 0.6) is 0 Å². The smallest absolute Gasteiger partial charge is 0.350 e. The molecule has 2 N–H and O–H groups in total. The first-order valence-corrected chi connectivity index (χ1v) is 12.5. The van der Waals surface area contributed by atoms with Gasteiger partial charge in [0.2, 0.25) is 5.72 Å². The lowest BCUT2D eigenvalue weighted by Gasteiger charge is -2.50. The van der Waals surface area contributed by atoms with Gasteiger partial charge >= 0.3 is 11.9 Å². The number of nitrogens with one attached hydrogen (secondary N) is 2. The average molecular weight is 445 g/mol. The number of carbonyl (C=O) groups is 1. The van der Waals surface area contributed by atoms with Gasteiger partial charge < -0.3 is 14.2 Å². The molecule has 0 aromatic rings. The lowest BCUT2D eigenvalue weighted by atomic mass is 9.80. The van der Waals surface area contributed by atoms with E-state index in [1.54, 1.807) is 6.08 Å². The maximum Gasteiger partial charge on any atom is 0.350 e. The van der Waals surface area contributed by atoms with Crippen molar-refractivity contribution in [2.75, 3.05) is 6.61 Å². The summed E-state index contributed by atoms with van der Waals surface area (Å²) in [5.74, 6) is 0.426. The van der Waals surface area contributed by atoms with Gasteiger partial charge in [-0.15, -0.1) is 0 Å². The van der Waals surface area contributed by atoms with Gasteiger partial charge in [-0.3, -0.25) is 9.37 Å². The van der Waals surface area contributed by atoms with Crippen molar-refractivity contribution in [1.29, 1.82) is 0 Å². The second kappa shape index (κ2) is 8.49. The molecule has 5 aliphatic rings. The Labute approximate surface area is 191 Å². The minimum absolute atomic E-state index is 0.0644. The molecule has 176 valence electrons. The van der Waals surface area contributed by atoms with E-state index in [-0.39, 0.29) is 42.5 Å². The fourth-order valence-corrected chi connectivity index (χ4v) is 6.63. The van der Waals surface area contributed by atoms with Crippen molar-refractivity contribution in [2.24, 2.45) is 5.92 Å². The number of ether oxygens (including phenoxy) is 3. The summed E-state index contributed by atoms with van der Waals surface area (Å²) in [6.45, 7) is 8.21. The SMILES string of the molecule is C=CCOC(=O)[C@H]1[C@H]2CC[C@H]3C[C@@]4(CCC=C[C@H](CC)O4)NC(=[N+]32)N[C@]12CCC[C@@H](C)O2. The van der Waals surface area contributed by atoms with Crippen LogP contribution in [0.2, 0.25) is 0 Å². The third-order valence-corrected chi connectivity index (χ3v) is 7.95. The molecule has 0 saturated carbocycles. The second-order valence-corrected chi connectivity index (χ2v) is 10.1. The van der Waals surface area contributed by atoms with Crippen LogP contribution in [0.1, 0.15) is 71.6 Å². The summed E-state index contributed by atoms with van der Waals surface area (Å²) in [7, 11) is 0. The van der Waals surface area contributed by atoms with Gasteiger partial charge in [-0.25, -0.2) is 10.6 Å². The topological polar surface area (TPSA) is 71.8 Å². The van der Waals surface area contributed by atoms with Gasteiger partial charge in [0.05, 0.1) is 24.3 Å². The van der Waals surface area contributed by atoms with E-state index in [4.69, 9.17) is 14.2 Å². The average Bonchev–Trinajstić information content (AvgIpc) is 3.07. The number of hydrogen-bond acceptors (Lipinski definition) is 6. The number of nitrogens with zero attached hydrogens (tertiary/aromatic N) is 1. The molecule has 7 heteroatoms. The van der Waals surface area contributed by atoms with Crippen LogP contribution in [0, 0.1) is 5.92 Å². The van der Waals surface area contributed by atoms with E-state index in [1.165, 1.54) is 0 Å². The number of esters is 1. The van der Waals surface area contributed by atoms with Crippen molar-refractivity contribution in [3.8, 4) is 0 Å². The normalized spacial score (nSPS) is 42.8. The Morgan fingerprint density at radius 1 is 1.31 bits per heavy atom. The number of rotatable bonds is 4. The first-order chi connectivity index (χ1) is 15.5. The summed E-state index contributed by atoms with van der Waals surface area (Å²) in [5, 5.41) is 7.50. The summed E-state index contributed by atoms with van der Waals surface area (Å²) >= 11 is 0. The lowest BCUT2D eigenvalue weighted by Crippen LogP contribution is -2.76. The Balaban J connectivity index is 1.51. The molecule has 5 heterocycles. The van der Waals surface area contributed by atoms with Crippen LogP contribution in [0.25, 0.3) is 0 Å². The van der Waals surface area contributed by atoms with Crippen LogP contribution in [0.15, 0.2) is 24.8 Å². The van der Waals surface area contributed by atoms with Crippen LogP contribution >= 0.6 is 0 Å². The Morgan fingerprint density at radius 3 is 2.97 bits per heavy atom. The van der Waals surface area contributed by atoms with Crippen molar-refractivity contribution in [3.63, 3.8) is 0 Å². The standard InChI is InChI=1S/C25H37N3O4/c1-4-15-30-22(29)21-20-12-11-18-16-24(13-7-6-10-19(5-2)32-24)26-23(28(18)20)27-25(21)14-8-9-17(3)31-25/h4,6,10,17-21H,1,5,7-9,11-16H2,2-3H3,(H,26,27)/p+1/t17-,18+,19+,20-,21-,24+,25+/m1/s1. The van der Waals surface area contributed by atoms with Gasteiger partial charge in [0.15, 0.2) is 11.6 Å². The van der Waals surface area contributed by atoms with E-state index >= 15 is 0 Å². The summed E-state index contributed by atoms with van der Waals surface area (Å²) in [4.78, 5) is 13.3. The van der Waals surface area contributed by atoms with Crippen molar-refractivity contribution < 1.29 is 23.6 Å². The molecule has 2 spiro atoms. The van der Waals surface area contributed by atoms with E-state index in [9.17, 15) is 4.79 Å². The third-order valence-electron chi connectivity index (χ3n) is 7.95. The van der Waals surface area contributed by atoms with Crippen molar-refractivity contribution >= 4 is 11.9 Å². The zero-order valence-corrected chi connectivity index (χ0v) is 19.5. The van der Waals surface area contributed by atoms with Crippen molar-refractivity contribution in [2.45, 2.75) is 107 Å². The highest BCUT2D eigenvalue weighted by molar-refractivity contribution is 5.82. The zero-order chi connectivity index (χ0) is 22.3. The molecule has 5 rings (SSSR count). The van der Waals surface area contributed by atoms with Crippen molar-refractivity contribution in [1.82, 2.24) is 10.6 Å². The number of allylic oxidation sites excluding steroid dienone is 1. The summed E-state index contributed by atoms with van der Waals surface area (Å²) in [5.41, 5.74) is -1.14. The molecule has 0 aromatic heterocycles. The molecule has 2 fully saturated rings. The minimum atomic E-state index is -0.750. The van der Waals surface area contributed by atoms with Gasteiger partial charge in [0.25, 0.3) is 0 Å². The summed E-state index contributed by atoms with van der Waals surface area (Å²) in [6, 6.07) is 0.405.